The molecule has 0 aliphatic rings. The van der Waals surface area contributed by atoms with Gasteiger partial charge >= 0.3 is 0 Å². The van der Waals surface area contributed by atoms with Gasteiger partial charge in [0.05, 0.1) is 6.10 Å². The van der Waals surface area contributed by atoms with E-state index < -0.39 is 0 Å². The second-order valence-electron chi connectivity index (χ2n) is 3.75. The van der Waals surface area contributed by atoms with Gasteiger partial charge in [-0.1, -0.05) is 0 Å². The Morgan fingerprint density at radius 2 is 2.00 bits per heavy atom. The van der Waals surface area contributed by atoms with Crippen molar-refractivity contribution in [3.8, 4) is 5.75 Å². The van der Waals surface area contributed by atoms with Gasteiger partial charge in [0.1, 0.15) is 5.75 Å². The summed E-state index contributed by atoms with van der Waals surface area (Å²) in [5, 5.41) is 0. The number of anilines is 1. The van der Waals surface area contributed by atoms with Crippen molar-refractivity contribution in [1.82, 2.24) is 0 Å². The van der Waals surface area contributed by atoms with Crippen LogP contribution in [0.5, 0.6) is 5.75 Å². The molecular formula is C13H20NO. The Kier molecular flexibility index (Phi) is 4.47. The molecular weight excluding hydrogens is 186 g/mol. The van der Waals surface area contributed by atoms with E-state index >= 15 is 0 Å². The summed E-state index contributed by atoms with van der Waals surface area (Å²) >= 11 is 0. The zero-order valence-corrected chi connectivity index (χ0v) is 10.1. The monoisotopic (exact) mass is 206 g/mol. The predicted molar refractivity (Wildman–Crippen MR) is 64.6 cm³/mol. The van der Waals surface area contributed by atoms with E-state index in [0.717, 1.165) is 18.8 Å². The molecule has 0 spiro atoms. The Bertz CT molecular complexity index is 292. The Morgan fingerprint density at radius 3 is 2.53 bits per heavy atom. The smallest absolute Gasteiger partial charge is 0.129 e. The Morgan fingerprint density at radius 1 is 1.33 bits per heavy atom. The highest BCUT2D eigenvalue weighted by molar-refractivity contribution is 5.50. The molecule has 0 aliphatic heterocycles. The lowest BCUT2D eigenvalue weighted by molar-refractivity contribution is 0.242. The number of benzene rings is 1. The van der Waals surface area contributed by atoms with E-state index in [-0.39, 0.29) is 6.10 Å². The minimum atomic E-state index is 0.202. The number of ether oxygens (including phenoxy) is 1. The number of hydrogen-bond donors (Lipinski definition) is 0. The van der Waals surface area contributed by atoms with E-state index in [2.05, 4.69) is 30.9 Å². The van der Waals surface area contributed by atoms with Crippen molar-refractivity contribution in [2.24, 2.45) is 0 Å². The van der Waals surface area contributed by atoms with E-state index in [0.29, 0.717) is 0 Å². The molecule has 2 nitrogen and oxygen atoms in total. The van der Waals surface area contributed by atoms with Crippen LogP contribution in [0.25, 0.3) is 0 Å². The first kappa shape index (κ1) is 11.9. The van der Waals surface area contributed by atoms with Crippen molar-refractivity contribution in [1.29, 1.82) is 0 Å². The third-order valence-corrected chi connectivity index (χ3v) is 2.25. The van der Waals surface area contributed by atoms with E-state index in [1.165, 1.54) is 5.69 Å². The SMILES string of the molecule is CCN(CC)c1cc[c]c(OC(C)C)c1. The summed E-state index contributed by atoms with van der Waals surface area (Å²) in [6.45, 7) is 10.4. The topological polar surface area (TPSA) is 12.5 Å². The molecule has 2 heteroatoms. The maximum atomic E-state index is 5.61. The van der Waals surface area contributed by atoms with Crippen LogP contribution in [0.4, 0.5) is 5.69 Å². The number of nitrogens with zero attached hydrogens (tertiary/aromatic N) is 1. The summed E-state index contributed by atoms with van der Waals surface area (Å²) in [6.07, 6.45) is 0.202. The minimum Gasteiger partial charge on any atom is -0.490 e. The van der Waals surface area contributed by atoms with Crippen LogP contribution >= 0.6 is 0 Å². The van der Waals surface area contributed by atoms with E-state index in [9.17, 15) is 0 Å². The van der Waals surface area contributed by atoms with Crippen LogP contribution in [-0.2, 0) is 0 Å². The van der Waals surface area contributed by atoms with Crippen molar-refractivity contribution in [3.05, 3.63) is 24.3 Å². The van der Waals surface area contributed by atoms with E-state index in [4.69, 9.17) is 4.74 Å². The summed E-state index contributed by atoms with van der Waals surface area (Å²) < 4.78 is 5.61. The van der Waals surface area contributed by atoms with Crippen LogP contribution in [0, 0.1) is 6.07 Å². The fourth-order valence-corrected chi connectivity index (χ4v) is 1.54. The fourth-order valence-electron chi connectivity index (χ4n) is 1.54. The van der Waals surface area contributed by atoms with Gasteiger partial charge in [-0.05, 0) is 39.8 Å². The van der Waals surface area contributed by atoms with Crippen LogP contribution in [0.2, 0.25) is 0 Å². The first-order valence-corrected chi connectivity index (χ1v) is 5.60. The fraction of sp³-hybridized carbons (Fsp3) is 0.538. The summed E-state index contributed by atoms with van der Waals surface area (Å²) in [5.74, 6) is 0.828. The summed E-state index contributed by atoms with van der Waals surface area (Å²) in [5.41, 5.74) is 1.20. The summed E-state index contributed by atoms with van der Waals surface area (Å²) in [7, 11) is 0. The molecule has 83 valence electrons. The molecule has 1 radical (unpaired) electrons. The first-order chi connectivity index (χ1) is 7.17. The van der Waals surface area contributed by atoms with E-state index in [1.807, 2.05) is 26.0 Å². The van der Waals surface area contributed by atoms with Gasteiger partial charge in [-0.3, -0.25) is 0 Å². The van der Waals surface area contributed by atoms with Crippen LogP contribution in [-0.4, -0.2) is 19.2 Å². The molecule has 0 saturated carbocycles. The second-order valence-corrected chi connectivity index (χ2v) is 3.75. The second kappa shape index (κ2) is 5.64. The molecule has 0 fully saturated rings. The molecule has 1 aromatic carbocycles. The maximum Gasteiger partial charge on any atom is 0.129 e. The Labute approximate surface area is 92.9 Å². The van der Waals surface area contributed by atoms with Gasteiger partial charge in [0.25, 0.3) is 0 Å². The predicted octanol–water partition coefficient (Wildman–Crippen LogP) is 3.12. The van der Waals surface area contributed by atoms with Gasteiger partial charge in [-0.2, -0.15) is 0 Å². The normalized spacial score (nSPS) is 10.5. The molecule has 0 aromatic heterocycles. The molecule has 15 heavy (non-hydrogen) atoms. The van der Waals surface area contributed by atoms with E-state index in [1.54, 1.807) is 0 Å². The quantitative estimate of drug-likeness (QED) is 0.734. The molecule has 1 aromatic rings. The highest BCUT2D eigenvalue weighted by Crippen LogP contribution is 2.21. The van der Waals surface area contributed by atoms with Crippen molar-refractivity contribution in [3.63, 3.8) is 0 Å². The van der Waals surface area contributed by atoms with Crippen molar-refractivity contribution < 1.29 is 4.74 Å². The van der Waals surface area contributed by atoms with Crippen molar-refractivity contribution in [2.45, 2.75) is 33.8 Å². The standard InChI is InChI=1S/C13H20NO/c1-5-14(6-2)12-8-7-9-13(10-12)15-11(3)4/h7-8,10-11H,5-6H2,1-4H3. The lowest BCUT2D eigenvalue weighted by Crippen LogP contribution is -2.21. The lowest BCUT2D eigenvalue weighted by atomic mass is 10.2. The molecule has 0 aliphatic carbocycles. The lowest BCUT2D eigenvalue weighted by Gasteiger charge is -2.21. The molecule has 0 atom stereocenters. The molecule has 0 N–H and O–H groups in total. The van der Waals surface area contributed by atoms with Crippen LogP contribution in [0.1, 0.15) is 27.7 Å². The third-order valence-electron chi connectivity index (χ3n) is 2.25. The van der Waals surface area contributed by atoms with Crippen LogP contribution in [0.15, 0.2) is 18.2 Å². The highest BCUT2D eigenvalue weighted by atomic mass is 16.5. The average molecular weight is 206 g/mol. The van der Waals surface area contributed by atoms with Gasteiger partial charge in [0, 0.05) is 30.9 Å². The van der Waals surface area contributed by atoms with Gasteiger partial charge in [-0.15, -0.1) is 0 Å². The summed E-state index contributed by atoms with van der Waals surface area (Å²) in [6, 6.07) is 9.13. The molecule has 0 heterocycles. The van der Waals surface area contributed by atoms with Crippen molar-refractivity contribution in [2.75, 3.05) is 18.0 Å². The zero-order chi connectivity index (χ0) is 11.3. The van der Waals surface area contributed by atoms with Crippen LogP contribution < -0.4 is 9.64 Å². The largest absolute Gasteiger partial charge is 0.490 e. The summed E-state index contributed by atoms with van der Waals surface area (Å²) in [4.78, 5) is 2.29. The first-order valence-electron chi connectivity index (χ1n) is 5.60. The molecule has 0 bridgehead atoms. The Hall–Kier alpha value is -1.18. The molecule has 0 saturated heterocycles. The van der Waals surface area contributed by atoms with Gasteiger partial charge in [-0.25, -0.2) is 0 Å². The van der Waals surface area contributed by atoms with Crippen molar-refractivity contribution >= 4 is 5.69 Å². The maximum absolute atomic E-state index is 5.61. The molecule has 0 amide bonds. The zero-order valence-electron chi connectivity index (χ0n) is 10.1. The number of rotatable bonds is 5. The Balaban J connectivity index is 2.81. The molecule has 1 rings (SSSR count). The van der Waals surface area contributed by atoms with Gasteiger partial charge < -0.3 is 9.64 Å². The number of hydrogen-bond acceptors (Lipinski definition) is 2. The average Bonchev–Trinajstić information content (AvgIpc) is 2.19. The molecule has 0 unspecified atom stereocenters. The van der Waals surface area contributed by atoms with Gasteiger partial charge in [0.15, 0.2) is 0 Å². The highest BCUT2D eigenvalue weighted by Gasteiger charge is 2.04. The third kappa shape index (κ3) is 3.46. The minimum absolute atomic E-state index is 0.202. The van der Waals surface area contributed by atoms with Gasteiger partial charge in [0.2, 0.25) is 0 Å². The van der Waals surface area contributed by atoms with Crippen LogP contribution in [0.3, 0.4) is 0 Å².